The number of unbranched alkanes of at least 4 members (excludes halogenated alkanes) is 1. The summed E-state index contributed by atoms with van der Waals surface area (Å²) in [6.07, 6.45) is 8.78. The van der Waals surface area contributed by atoms with Crippen molar-refractivity contribution in [1.29, 1.82) is 0 Å². The van der Waals surface area contributed by atoms with Gasteiger partial charge < -0.3 is 15.3 Å². The van der Waals surface area contributed by atoms with Crippen molar-refractivity contribution in [2.45, 2.75) is 38.1 Å². The second-order valence-corrected chi connectivity index (χ2v) is 8.61. The van der Waals surface area contributed by atoms with Gasteiger partial charge in [0.25, 0.3) is 5.91 Å². The number of likely N-dealkylation sites (N-methyl/N-ethyl adjacent to an activating group) is 1. The highest BCUT2D eigenvalue weighted by atomic mass is 16.3. The molecule has 5 nitrogen and oxygen atoms in total. The molecule has 0 bridgehead atoms. The van der Waals surface area contributed by atoms with Crippen LogP contribution in [0.15, 0.2) is 67.0 Å². The van der Waals surface area contributed by atoms with Crippen molar-refractivity contribution in [1.82, 2.24) is 15.2 Å². The Balaban J connectivity index is 1.17. The van der Waals surface area contributed by atoms with Gasteiger partial charge >= 0.3 is 0 Å². The van der Waals surface area contributed by atoms with Crippen molar-refractivity contribution in [3.05, 3.63) is 83.7 Å². The topological polar surface area (TPSA) is 65.5 Å². The molecular weight excluding hydrogens is 398 g/mol. The molecule has 0 saturated heterocycles. The van der Waals surface area contributed by atoms with Crippen molar-refractivity contribution < 1.29 is 9.90 Å². The maximum absolute atomic E-state index is 12.4. The number of phenolic OH excluding ortho intramolecular Hbond substituents is 1. The largest absolute Gasteiger partial charge is 0.508 e. The summed E-state index contributed by atoms with van der Waals surface area (Å²) in [7, 11) is 2.18. The van der Waals surface area contributed by atoms with E-state index in [9.17, 15) is 9.90 Å². The van der Waals surface area contributed by atoms with E-state index in [2.05, 4.69) is 28.3 Å². The van der Waals surface area contributed by atoms with Gasteiger partial charge in [-0.3, -0.25) is 9.78 Å². The van der Waals surface area contributed by atoms with Crippen LogP contribution in [0.3, 0.4) is 0 Å². The van der Waals surface area contributed by atoms with Gasteiger partial charge in [0.15, 0.2) is 0 Å². The van der Waals surface area contributed by atoms with Crippen molar-refractivity contribution in [2.24, 2.45) is 0 Å². The second kappa shape index (κ2) is 10.4. The molecule has 1 aliphatic carbocycles. The molecule has 1 atom stereocenters. The minimum Gasteiger partial charge on any atom is -0.508 e. The third-order valence-corrected chi connectivity index (χ3v) is 6.38. The molecule has 1 aromatic heterocycles. The Morgan fingerprint density at radius 3 is 2.72 bits per heavy atom. The predicted molar refractivity (Wildman–Crippen MR) is 128 cm³/mol. The van der Waals surface area contributed by atoms with Crippen LogP contribution in [0.1, 0.15) is 40.7 Å². The maximum Gasteiger partial charge on any atom is 0.251 e. The van der Waals surface area contributed by atoms with Gasteiger partial charge in [-0.1, -0.05) is 24.3 Å². The number of fused-ring (bicyclic) bond motifs is 1. The predicted octanol–water partition coefficient (Wildman–Crippen LogP) is 4.45. The van der Waals surface area contributed by atoms with E-state index >= 15 is 0 Å². The monoisotopic (exact) mass is 429 g/mol. The van der Waals surface area contributed by atoms with Crippen LogP contribution in [0.2, 0.25) is 0 Å². The molecule has 3 aromatic rings. The van der Waals surface area contributed by atoms with E-state index in [-0.39, 0.29) is 5.91 Å². The highest BCUT2D eigenvalue weighted by molar-refractivity contribution is 5.94. The Labute approximate surface area is 190 Å². The number of carbonyl (C=O) groups excluding carboxylic acids is 1. The van der Waals surface area contributed by atoms with Crippen LogP contribution in [0.4, 0.5) is 0 Å². The third kappa shape index (κ3) is 5.54. The molecule has 0 aliphatic heterocycles. The Morgan fingerprint density at radius 2 is 1.94 bits per heavy atom. The number of aryl methyl sites for hydroxylation is 1. The van der Waals surface area contributed by atoms with Gasteiger partial charge in [0, 0.05) is 30.5 Å². The van der Waals surface area contributed by atoms with Gasteiger partial charge in [0.05, 0.1) is 0 Å². The SMILES string of the molecule is CN(CCCCNC(=O)c1ccc(-c2cccnc2)cc1)[C@@H]1CCc2ccc(O)cc2C1. The molecule has 2 N–H and O–H groups in total. The van der Waals surface area contributed by atoms with E-state index < -0.39 is 0 Å². The first-order chi connectivity index (χ1) is 15.6. The fraction of sp³-hybridized carbons (Fsp3) is 0.333. The Kier molecular flexibility index (Phi) is 7.17. The number of amides is 1. The molecular formula is C27H31N3O2. The van der Waals surface area contributed by atoms with E-state index in [1.165, 1.54) is 11.1 Å². The number of hydrogen-bond donors (Lipinski definition) is 2. The molecule has 32 heavy (non-hydrogen) atoms. The fourth-order valence-corrected chi connectivity index (χ4v) is 4.42. The van der Waals surface area contributed by atoms with Crippen LogP contribution in [-0.4, -0.2) is 47.1 Å². The summed E-state index contributed by atoms with van der Waals surface area (Å²) in [4.78, 5) is 19.0. The highest BCUT2D eigenvalue weighted by Gasteiger charge is 2.22. The third-order valence-electron chi connectivity index (χ3n) is 6.38. The summed E-state index contributed by atoms with van der Waals surface area (Å²) >= 11 is 0. The zero-order valence-electron chi connectivity index (χ0n) is 18.6. The van der Waals surface area contributed by atoms with Crippen molar-refractivity contribution in [3.63, 3.8) is 0 Å². The van der Waals surface area contributed by atoms with Crippen LogP contribution in [-0.2, 0) is 12.8 Å². The van der Waals surface area contributed by atoms with Gasteiger partial charge in [0.1, 0.15) is 5.75 Å². The van der Waals surface area contributed by atoms with E-state index in [4.69, 9.17) is 0 Å². The highest BCUT2D eigenvalue weighted by Crippen LogP contribution is 2.27. The molecule has 1 aliphatic rings. The van der Waals surface area contributed by atoms with Crippen LogP contribution in [0.25, 0.3) is 11.1 Å². The summed E-state index contributed by atoms with van der Waals surface area (Å²) in [5.74, 6) is 0.328. The zero-order chi connectivity index (χ0) is 22.3. The number of aromatic nitrogens is 1. The number of nitrogens with one attached hydrogen (secondary N) is 1. The van der Waals surface area contributed by atoms with Crippen molar-refractivity contribution >= 4 is 5.91 Å². The Hall–Kier alpha value is -3.18. The number of phenols is 1. The average Bonchev–Trinajstić information content (AvgIpc) is 2.83. The molecule has 0 spiro atoms. The molecule has 166 valence electrons. The van der Waals surface area contributed by atoms with E-state index in [0.29, 0.717) is 23.9 Å². The first-order valence-corrected chi connectivity index (χ1v) is 11.4. The van der Waals surface area contributed by atoms with Gasteiger partial charge in [0.2, 0.25) is 0 Å². The quantitative estimate of drug-likeness (QED) is 0.519. The summed E-state index contributed by atoms with van der Waals surface area (Å²) in [5.41, 5.74) is 5.41. The molecule has 1 amide bonds. The summed E-state index contributed by atoms with van der Waals surface area (Å²) in [6, 6.07) is 17.8. The number of rotatable bonds is 8. The lowest BCUT2D eigenvalue weighted by molar-refractivity contribution is 0.0952. The fourth-order valence-electron chi connectivity index (χ4n) is 4.42. The molecule has 0 unspecified atom stereocenters. The molecule has 0 saturated carbocycles. The molecule has 0 radical (unpaired) electrons. The van der Waals surface area contributed by atoms with Crippen LogP contribution in [0.5, 0.6) is 5.75 Å². The molecule has 0 fully saturated rings. The second-order valence-electron chi connectivity index (χ2n) is 8.61. The smallest absolute Gasteiger partial charge is 0.251 e. The number of pyridine rings is 1. The minimum atomic E-state index is -0.0280. The van der Waals surface area contributed by atoms with E-state index in [1.807, 2.05) is 48.7 Å². The summed E-state index contributed by atoms with van der Waals surface area (Å²) < 4.78 is 0. The van der Waals surface area contributed by atoms with Crippen LogP contribution >= 0.6 is 0 Å². The first-order valence-electron chi connectivity index (χ1n) is 11.4. The maximum atomic E-state index is 12.4. The van der Waals surface area contributed by atoms with Gasteiger partial charge in [-0.2, -0.15) is 0 Å². The number of hydrogen-bond acceptors (Lipinski definition) is 4. The summed E-state index contributed by atoms with van der Waals surface area (Å²) in [6.45, 7) is 1.69. The van der Waals surface area contributed by atoms with Crippen molar-refractivity contribution in [2.75, 3.05) is 20.1 Å². The minimum absolute atomic E-state index is 0.0280. The Morgan fingerprint density at radius 1 is 1.09 bits per heavy atom. The number of carbonyl (C=O) groups is 1. The normalized spacial score (nSPS) is 15.4. The Bertz CT molecular complexity index is 1030. The lowest BCUT2D eigenvalue weighted by Gasteiger charge is -2.32. The molecule has 4 rings (SSSR count). The van der Waals surface area contributed by atoms with Gasteiger partial charge in [-0.15, -0.1) is 0 Å². The summed E-state index contributed by atoms with van der Waals surface area (Å²) in [5, 5.41) is 12.8. The van der Waals surface area contributed by atoms with E-state index in [1.54, 1.807) is 12.3 Å². The van der Waals surface area contributed by atoms with E-state index in [0.717, 1.165) is 49.8 Å². The number of benzene rings is 2. The first kappa shape index (κ1) is 22.0. The number of nitrogens with zero attached hydrogens (tertiary/aromatic N) is 2. The lowest BCUT2D eigenvalue weighted by atomic mass is 9.87. The van der Waals surface area contributed by atoms with Gasteiger partial charge in [-0.25, -0.2) is 0 Å². The van der Waals surface area contributed by atoms with Crippen molar-refractivity contribution in [3.8, 4) is 16.9 Å². The van der Waals surface area contributed by atoms with Crippen LogP contribution in [0, 0.1) is 0 Å². The average molecular weight is 430 g/mol. The van der Waals surface area contributed by atoms with Crippen LogP contribution < -0.4 is 5.32 Å². The standard InChI is InChI=1S/C27H31N3O2/c1-30(25-12-10-21-11-13-26(31)18-24(21)17-25)16-3-2-15-29-27(32)22-8-6-20(7-9-22)23-5-4-14-28-19-23/h4-9,11,13-14,18-19,25,31H,2-3,10,12,15-17H2,1H3,(H,29,32)/t25-/m1/s1. The lowest BCUT2D eigenvalue weighted by Crippen LogP contribution is -2.37. The molecule has 5 heteroatoms. The molecule has 2 aromatic carbocycles. The number of aromatic hydroxyl groups is 1. The molecule has 1 heterocycles. The van der Waals surface area contributed by atoms with Gasteiger partial charge in [-0.05, 0) is 98.3 Å². The zero-order valence-corrected chi connectivity index (χ0v) is 18.6.